The monoisotopic (exact) mass is 364 g/mol. The highest BCUT2D eigenvalue weighted by Gasteiger charge is 2.21. The van der Waals surface area contributed by atoms with E-state index < -0.39 is 29.0 Å². The second-order valence-electron chi connectivity index (χ2n) is 5.88. The highest BCUT2D eigenvalue weighted by atomic mass is 19.2. The number of carbonyl (C=O) groups is 2. The number of aryl methyl sites for hydroxylation is 1. The van der Waals surface area contributed by atoms with Gasteiger partial charge < -0.3 is 10.2 Å². The molecule has 0 spiro atoms. The highest BCUT2D eigenvalue weighted by molar-refractivity contribution is 5.92. The van der Waals surface area contributed by atoms with Crippen LogP contribution in [0.5, 0.6) is 0 Å². The Morgan fingerprint density at radius 3 is 2.46 bits per heavy atom. The summed E-state index contributed by atoms with van der Waals surface area (Å²) in [5, 5.41) is 2.70. The van der Waals surface area contributed by atoms with Crippen molar-refractivity contribution in [3.05, 3.63) is 65.0 Å². The lowest BCUT2D eigenvalue weighted by Crippen LogP contribution is -2.34. The molecule has 0 saturated heterocycles. The van der Waals surface area contributed by atoms with Gasteiger partial charge in [-0.3, -0.25) is 9.59 Å². The van der Waals surface area contributed by atoms with Gasteiger partial charge in [0.1, 0.15) is 0 Å². The van der Waals surface area contributed by atoms with Crippen molar-refractivity contribution < 1.29 is 22.8 Å². The van der Waals surface area contributed by atoms with Gasteiger partial charge in [-0.2, -0.15) is 0 Å². The molecule has 7 heteroatoms. The summed E-state index contributed by atoms with van der Waals surface area (Å²) in [6.07, 6.45) is -0.107. The zero-order chi connectivity index (χ0) is 19.3. The number of anilines is 1. The zero-order valence-electron chi connectivity index (χ0n) is 14.5. The molecule has 2 rings (SSSR count). The maximum absolute atomic E-state index is 13.9. The Morgan fingerprint density at radius 1 is 1.08 bits per heavy atom. The summed E-state index contributed by atoms with van der Waals surface area (Å²) in [5.74, 6) is -5.38. The van der Waals surface area contributed by atoms with Crippen LogP contribution in [0.1, 0.15) is 24.5 Å². The predicted molar refractivity (Wildman–Crippen MR) is 92.0 cm³/mol. The quantitative estimate of drug-likeness (QED) is 0.798. The van der Waals surface area contributed by atoms with E-state index in [1.54, 1.807) is 0 Å². The van der Waals surface area contributed by atoms with Crippen molar-refractivity contribution in [1.29, 1.82) is 0 Å². The van der Waals surface area contributed by atoms with Crippen molar-refractivity contribution >= 4 is 17.5 Å². The molecule has 0 aromatic heterocycles. The largest absolute Gasteiger partial charge is 0.352 e. The molecule has 0 aliphatic heterocycles. The Morgan fingerprint density at radius 2 is 1.81 bits per heavy atom. The first kappa shape index (κ1) is 19.5. The van der Waals surface area contributed by atoms with Crippen molar-refractivity contribution in [3.8, 4) is 0 Å². The van der Waals surface area contributed by atoms with Crippen LogP contribution >= 0.6 is 0 Å². The molecule has 4 nitrogen and oxygen atoms in total. The summed E-state index contributed by atoms with van der Waals surface area (Å²) in [6.45, 7) is 3.26. The fourth-order valence-electron chi connectivity index (χ4n) is 2.50. The molecule has 138 valence electrons. The van der Waals surface area contributed by atoms with Crippen LogP contribution in [0.25, 0.3) is 0 Å². The van der Waals surface area contributed by atoms with Crippen LogP contribution in [0, 0.1) is 24.4 Å². The van der Waals surface area contributed by atoms with Crippen LogP contribution < -0.4 is 10.2 Å². The Hall–Kier alpha value is -2.83. The van der Waals surface area contributed by atoms with Gasteiger partial charge in [0.2, 0.25) is 11.8 Å². The maximum Gasteiger partial charge on any atom is 0.223 e. The SMILES string of the molecule is CC(=O)N(CCC(=O)NCc1cccc(C)c1)c1ccc(F)c(F)c1F. The van der Waals surface area contributed by atoms with E-state index in [0.717, 1.165) is 35.1 Å². The Kier molecular flexibility index (Phi) is 6.38. The summed E-state index contributed by atoms with van der Waals surface area (Å²) < 4.78 is 40.3. The molecule has 0 radical (unpaired) electrons. The molecule has 2 aromatic carbocycles. The van der Waals surface area contributed by atoms with Crippen molar-refractivity contribution in [3.63, 3.8) is 0 Å². The van der Waals surface area contributed by atoms with E-state index in [9.17, 15) is 22.8 Å². The summed E-state index contributed by atoms with van der Waals surface area (Å²) in [5.41, 5.74) is 1.59. The van der Waals surface area contributed by atoms with Crippen LogP contribution in [0.2, 0.25) is 0 Å². The summed E-state index contributed by atoms with van der Waals surface area (Å²) in [4.78, 5) is 24.6. The lowest BCUT2D eigenvalue weighted by molar-refractivity contribution is -0.121. The number of carbonyl (C=O) groups excluding carboxylic acids is 2. The molecule has 0 aliphatic carbocycles. The molecule has 0 heterocycles. The molecular weight excluding hydrogens is 345 g/mol. The number of benzene rings is 2. The molecule has 0 unspecified atom stereocenters. The van der Waals surface area contributed by atoms with Crippen molar-refractivity contribution in [2.24, 2.45) is 0 Å². The first-order valence-electron chi connectivity index (χ1n) is 8.03. The minimum Gasteiger partial charge on any atom is -0.352 e. The number of nitrogens with zero attached hydrogens (tertiary/aromatic N) is 1. The van der Waals surface area contributed by atoms with Gasteiger partial charge in [0.05, 0.1) is 5.69 Å². The van der Waals surface area contributed by atoms with E-state index in [1.165, 1.54) is 0 Å². The first-order chi connectivity index (χ1) is 12.3. The third-order valence-corrected chi connectivity index (χ3v) is 3.82. The number of nitrogens with one attached hydrogen (secondary N) is 1. The molecule has 0 bridgehead atoms. The molecule has 1 N–H and O–H groups in total. The molecule has 0 saturated carbocycles. The zero-order valence-corrected chi connectivity index (χ0v) is 14.5. The minimum absolute atomic E-state index is 0.107. The van der Waals surface area contributed by atoms with E-state index in [2.05, 4.69) is 5.32 Å². The normalized spacial score (nSPS) is 10.5. The van der Waals surface area contributed by atoms with Crippen molar-refractivity contribution in [2.45, 2.75) is 26.8 Å². The average molecular weight is 364 g/mol. The van der Waals surface area contributed by atoms with E-state index in [4.69, 9.17) is 0 Å². The van der Waals surface area contributed by atoms with Crippen LogP contribution in [-0.2, 0) is 16.1 Å². The number of halogens is 3. The smallest absolute Gasteiger partial charge is 0.223 e. The van der Waals surface area contributed by atoms with E-state index in [-0.39, 0.29) is 18.9 Å². The van der Waals surface area contributed by atoms with Crippen LogP contribution in [0.15, 0.2) is 36.4 Å². The third-order valence-electron chi connectivity index (χ3n) is 3.82. The summed E-state index contributed by atoms with van der Waals surface area (Å²) in [7, 11) is 0. The van der Waals surface area contributed by atoms with Gasteiger partial charge in [0.25, 0.3) is 0 Å². The Balaban J connectivity index is 1.99. The molecule has 2 aromatic rings. The maximum atomic E-state index is 13.9. The summed E-state index contributed by atoms with van der Waals surface area (Å²) in [6, 6.07) is 9.32. The standard InChI is InChI=1S/C19H19F3N2O2/c1-12-4-3-5-14(10-12)11-23-17(26)8-9-24(13(2)25)16-7-6-15(20)18(21)19(16)22/h3-7,10H,8-9,11H2,1-2H3,(H,23,26). The third kappa shape index (κ3) is 4.84. The average Bonchev–Trinajstić information content (AvgIpc) is 2.59. The van der Waals surface area contributed by atoms with Gasteiger partial charge in [0.15, 0.2) is 17.5 Å². The van der Waals surface area contributed by atoms with E-state index in [1.807, 2.05) is 31.2 Å². The van der Waals surface area contributed by atoms with Gasteiger partial charge in [-0.25, -0.2) is 13.2 Å². The summed E-state index contributed by atoms with van der Waals surface area (Å²) >= 11 is 0. The minimum atomic E-state index is -1.65. The van der Waals surface area contributed by atoms with Gasteiger partial charge in [0, 0.05) is 26.4 Å². The van der Waals surface area contributed by atoms with Crippen LogP contribution in [-0.4, -0.2) is 18.4 Å². The van der Waals surface area contributed by atoms with Crippen molar-refractivity contribution in [1.82, 2.24) is 5.32 Å². The highest BCUT2D eigenvalue weighted by Crippen LogP contribution is 2.24. The van der Waals surface area contributed by atoms with Gasteiger partial charge in [-0.05, 0) is 24.6 Å². The van der Waals surface area contributed by atoms with Gasteiger partial charge in [-0.1, -0.05) is 29.8 Å². The van der Waals surface area contributed by atoms with Crippen molar-refractivity contribution in [2.75, 3.05) is 11.4 Å². The topological polar surface area (TPSA) is 49.4 Å². The fourth-order valence-corrected chi connectivity index (χ4v) is 2.50. The Labute approximate surface area is 149 Å². The molecule has 0 atom stereocenters. The lowest BCUT2D eigenvalue weighted by atomic mass is 10.1. The molecular formula is C19H19F3N2O2. The predicted octanol–water partition coefficient (Wildman–Crippen LogP) is 3.47. The first-order valence-corrected chi connectivity index (χ1v) is 8.03. The van der Waals surface area contributed by atoms with Crippen LogP contribution in [0.4, 0.5) is 18.9 Å². The number of rotatable bonds is 6. The molecule has 0 fully saturated rings. The number of hydrogen-bond acceptors (Lipinski definition) is 2. The molecule has 2 amide bonds. The van der Waals surface area contributed by atoms with Gasteiger partial charge >= 0.3 is 0 Å². The Bertz CT molecular complexity index is 824. The molecule has 0 aliphatic rings. The van der Waals surface area contributed by atoms with E-state index in [0.29, 0.717) is 6.54 Å². The second kappa shape index (κ2) is 8.51. The second-order valence-corrected chi connectivity index (χ2v) is 5.88. The van der Waals surface area contributed by atoms with Gasteiger partial charge in [-0.15, -0.1) is 0 Å². The number of amides is 2. The van der Waals surface area contributed by atoms with Crippen LogP contribution in [0.3, 0.4) is 0 Å². The lowest BCUT2D eigenvalue weighted by Gasteiger charge is -2.21. The number of hydrogen-bond donors (Lipinski definition) is 1. The molecule has 26 heavy (non-hydrogen) atoms. The fraction of sp³-hybridized carbons (Fsp3) is 0.263. The van der Waals surface area contributed by atoms with E-state index >= 15 is 0 Å².